The fourth-order valence-electron chi connectivity index (χ4n) is 2.03. The quantitative estimate of drug-likeness (QED) is 0.459. The number of rotatable bonds is 4. The molecule has 2 aromatic rings. The highest BCUT2D eigenvalue weighted by atomic mass is 127. The smallest absolute Gasteiger partial charge is 0.129 e. The van der Waals surface area contributed by atoms with Gasteiger partial charge in [-0.1, -0.05) is 30.7 Å². The number of halogens is 4. The maximum atomic E-state index is 14.2. The topological polar surface area (TPSA) is 12.0 Å². The Bertz CT molecular complexity index is 604. The van der Waals surface area contributed by atoms with Gasteiger partial charge in [-0.05, 0) is 74.9 Å². The van der Waals surface area contributed by atoms with Gasteiger partial charge in [0.15, 0.2) is 0 Å². The third-order valence-electron chi connectivity index (χ3n) is 2.96. The van der Waals surface area contributed by atoms with Gasteiger partial charge in [0, 0.05) is 13.6 Å². The van der Waals surface area contributed by atoms with Crippen molar-refractivity contribution < 1.29 is 4.39 Å². The predicted molar refractivity (Wildman–Crippen MR) is 93.8 cm³/mol. The second kappa shape index (κ2) is 7.20. The average Bonchev–Trinajstić information content (AvgIpc) is 2.42. The summed E-state index contributed by atoms with van der Waals surface area (Å²) < 4.78 is 16.0. The highest BCUT2D eigenvalue weighted by molar-refractivity contribution is 14.1. The number of benzene rings is 2. The first kappa shape index (κ1) is 16.2. The summed E-state index contributed by atoms with van der Waals surface area (Å²) >= 11 is 11.6. The van der Waals surface area contributed by atoms with E-state index >= 15 is 0 Å². The van der Waals surface area contributed by atoms with Crippen molar-refractivity contribution in [3.8, 4) is 0 Å². The van der Waals surface area contributed by atoms with Crippen LogP contribution in [0.2, 0.25) is 5.02 Å². The first-order chi connectivity index (χ1) is 9.52. The van der Waals surface area contributed by atoms with E-state index in [1.54, 1.807) is 6.07 Å². The molecular formula is C15H13BrClFIN. The normalized spacial score (nSPS) is 12.4. The minimum atomic E-state index is -0.272. The summed E-state index contributed by atoms with van der Waals surface area (Å²) in [5.74, 6) is -0.272. The molecule has 1 unspecified atom stereocenters. The zero-order valence-corrected chi connectivity index (χ0v) is 15.3. The van der Waals surface area contributed by atoms with E-state index in [4.69, 9.17) is 11.6 Å². The van der Waals surface area contributed by atoms with Crippen LogP contribution in [0.1, 0.15) is 24.1 Å². The molecule has 0 saturated carbocycles. The molecule has 20 heavy (non-hydrogen) atoms. The van der Waals surface area contributed by atoms with Crippen molar-refractivity contribution in [1.29, 1.82) is 0 Å². The SMILES string of the molecule is CCNC(c1ccc(I)cc1)c1cc(Cl)c(Br)cc1F. The lowest BCUT2D eigenvalue weighted by Crippen LogP contribution is -2.23. The van der Waals surface area contributed by atoms with Gasteiger partial charge in [-0.3, -0.25) is 0 Å². The highest BCUT2D eigenvalue weighted by Crippen LogP contribution is 2.31. The van der Waals surface area contributed by atoms with Crippen LogP contribution >= 0.6 is 50.1 Å². The van der Waals surface area contributed by atoms with Crippen LogP contribution in [0.15, 0.2) is 40.9 Å². The lowest BCUT2D eigenvalue weighted by molar-refractivity contribution is 0.558. The fraction of sp³-hybridized carbons (Fsp3) is 0.200. The molecule has 2 aromatic carbocycles. The predicted octanol–water partition coefficient (Wildman–Crippen LogP) is 5.55. The van der Waals surface area contributed by atoms with Crippen LogP contribution in [0.3, 0.4) is 0 Å². The van der Waals surface area contributed by atoms with Gasteiger partial charge >= 0.3 is 0 Å². The zero-order chi connectivity index (χ0) is 14.7. The Kier molecular flexibility index (Phi) is 5.84. The van der Waals surface area contributed by atoms with Crippen LogP contribution in [-0.2, 0) is 0 Å². The Morgan fingerprint density at radius 2 is 1.95 bits per heavy atom. The molecule has 0 aliphatic carbocycles. The molecule has 0 aromatic heterocycles. The van der Waals surface area contributed by atoms with E-state index in [0.717, 1.165) is 15.7 Å². The standard InChI is InChI=1S/C15H13BrClFIN/c1-2-20-15(9-3-5-10(19)6-4-9)11-7-13(17)12(16)8-14(11)18/h3-8,15,20H,2H2,1H3. The first-order valence-electron chi connectivity index (χ1n) is 6.16. The van der Waals surface area contributed by atoms with E-state index in [1.807, 2.05) is 31.2 Å². The molecule has 106 valence electrons. The molecule has 0 bridgehead atoms. The molecule has 0 fully saturated rings. The van der Waals surface area contributed by atoms with E-state index in [2.05, 4.69) is 43.8 Å². The van der Waals surface area contributed by atoms with Gasteiger partial charge in [-0.2, -0.15) is 0 Å². The maximum Gasteiger partial charge on any atom is 0.129 e. The molecule has 0 aliphatic heterocycles. The van der Waals surface area contributed by atoms with E-state index in [1.165, 1.54) is 6.07 Å². The van der Waals surface area contributed by atoms with Crippen LogP contribution < -0.4 is 5.32 Å². The van der Waals surface area contributed by atoms with Crippen LogP contribution in [0.25, 0.3) is 0 Å². The minimum Gasteiger partial charge on any atom is -0.306 e. The second-order valence-corrected chi connectivity index (χ2v) is 6.84. The molecule has 0 saturated heterocycles. The number of hydrogen-bond acceptors (Lipinski definition) is 1. The van der Waals surface area contributed by atoms with Crippen molar-refractivity contribution in [3.05, 3.63) is 66.4 Å². The minimum absolute atomic E-state index is 0.206. The van der Waals surface area contributed by atoms with Crippen LogP contribution in [0, 0.1) is 9.39 Å². The third-order valence-corrected chi connectivity index (χ3v) is 4.88. The first-order valence-corrected chi connectivity index (χ1v) is 8.41. The summed E-state index contributed by atoms with van der Waals surface area (Å²) in [5.41, 5.74) is 1.57. The third kappa shape index (κ3) is 3.72. The Morgan fingerprint density at radius 1 is 1.30 bits per heavy atom. The molecule has 1 nitrogen and oxygen atoms in total. The summed E-state index contributed by atoms with van der Waals surface area (Å²) in [4.78, 5) is 0. The van der Waals surface area contributed by atoms with Gasteiger partial charge in [-0.15, -0.1) is 0 Å². The van der Waals surface area contributed by atoms with Gasteiger partial charge in [0.2, 0.25) is 0 Å². The van der Waals surface area contributed by atoms with Gasteiger partial charge in [-0.25, -0.2) is 4.39 Å². The van der Waals surface area contributed by atoms with Crippen molar-refractivity contribution in [1.82, 2.24) is 5.32 Å². The molecule has 0 spiro atoms. The Balaban J connectivity index is 2.48. The van der Waals surface area contributed by atoms with E-state index in [0.29, 0.717) is 15.1 Å². The summed E-state index contributed by atoms with van der Waals surface area (Å²) in [6.07, 6.45) is 0. The molecule has 1 atom stereocenters. The largest absolute Gasteiger partial charge is 0.306 e. The fourth-order valence-corrected chi connectivity index (χ4v) is 2.87. The molecule has 1 N–H and O–H groups in total. The molecular weight excluding hydrogens is 455 g/mol. The van der Waals surface area contributed by atoms with Crippen molar-refractivity contribution in [3.63, 3.8) is 0 Å². The van der Waals surface area contributed by atoms with Gasteiger partial charge < -0.3 is 5.32 Å². The Hall–Kier alpha value is -0.170. The Labute approximate surface area is 145 Å². The lowest BCUT2D eigenvalue weighted by atomic mass is 9.98. The van der Waals surface area contributed by atoms with Crippen molar-refractivity contribution in [2.45, 2.75) is 13.0 Å². The van der Waals surface area contributed by atoms with E-state index < -0.39 is 0 Å². The van der Waals surface area contributed by atoms with Gasteiger partial charge in [0.05, 0.1) is 11.1 Å². The van der Waals surface area contributed by atoms with Crippen LogP contribution in [0.4, 0.5) is 4.39 Å². The van der Waals surface area contributed by atoms with Crippen molar-refractivity contribution in [2.75, 3.05) is 6.54 Å². The molecule has 0 radical (unpaired) electrons. The van der Waals surface area contributed by atoms with E-state index in [-0.39, 0.29) is 11.9 Å². The van der Waals surface area contributed by atoms with Crippen molar-refractivity contribution in [2.24, 2.45) is 0 Å². The molecule has 2 rings (SSSR count). The molecule has 0 aliphatic rings. The lowest BCUT2D eigenvalue weighted by Gasteiger charge is -2.20. The monoisotopic (exact) mass is 467 g/mol. The number of nitrogens with one attached hydrogen (secondary N) is 1. The van der Waals surface area contributed by atoms with Gasteiger partial charge in [0.25, 0.3) is 0 Å². The highest BCUT2D eigenvalue weighted by Gasteiger charge is 2.18. The molecule has 0 amide bonds. The van der Waals surface area contributed by atoms with E-state index in [9.17, 15) is 4.39 Å². The summed E-state index contributed by atoms with van der Waals surface area (Å²) in [7, 11) is 0. The van der Waals surface area contributed by atoms with Crippen LogP contribution in [0.5, 0.6) is 0 Å². The maximum absolute atomic E-state index is 14.2. The Morgan fingerprint density at radius 3 is 2.55 bits per heavy atom. The number of hydrogen-bond donors (Lipinski definition) is 1. The average molecular weight is 469 g/mol. The molecule has 5 heteroatoms. The summed E-state index contributed by atoms with van der Waals surface area (Å²) in [6, 6.07) is 10.9. The molecule has 0 heterocycles. The summed E-state index contributed by atoms with van der Waals surface area (Å²) in [5, 5.41) is 3.81. The van der Waals surface area contributed by atoms with Gasteiger partial charge in [0.1, 0.15) is 5.82 Å². The second-order valence-electron chi connectivity index (χ2n) is 4.33. The zero-order valence-electron chi connectivity index (χ0n) is 10.8. The van der Waals surface area contributed by atoms with Crippen LogP contribution in [-0.4, -0.2) is 6.54 Å². The van der Waals surface area contributed by atoms with Crippen molar-refractivity contribution >= 4 is 50.1 Å². The summed E-state index contributed by atoms with van der Waals surface area (Å²) in [6.45, 7) is 2.74.